The number of nitrogens with zero attached hydrogens (tertiary/aromatic N) is 1. The van der Waals surface area contributed by atoms with E-state index in [4.69, 9.17) is 0 Å². The highest BCUT2D eigenvalue weighted by Crippen LogP contribution is 2.14. The maximum absolute atomic E-state index is 4.40. The molecular formula is C13H13N. The third-order valence-corrected chi connectivity index (χ3v) is 2.29. The second-order valence-electron chi connectivity index (χ2n) is 3.35. The molecule has 0 amide bonds. The molecule has 2 rings (SSSR count). The fourth-order valence-corrected chi connectivity index (χ4v) is 1.52. The number of aryl methyl sites for hydroxylation is 1. The van der Waals surface area contributed by atoms with Crippen molar-refractivity contribution in [1.82, 2.24) is 4.98 Å². The average Bonchev–Trinajstić information content (AvgIpc) is 2.26. The van der Waals surface area contributed by atoms with Crippen molar-refractivity contribution in [3.63, 3.8) is 0 Å². The van der Waals surface area contributed by atoms with Gasteiger partial charge in [0.05, 0.1) is 0 Å². The van der Waals surface area contributed by atoms with E-state index in [0.717, 1.165) is 18.5 Å². The first kappa shape index (κ1) is 8.95. The minimum Gasteiger partial charge on any atom is -0.261 e. The Kier molecular flexibility index (Phi) is 2.59. The molecule has 14 heavy (non-hydrogen) atoms. The van der Waals surface area contributed by atoms with E-state index < -0.39 is 0 Å². The Morgan fingerprint density at radius 3 is 2.79 bits per heavy atom. The van der Waals surface area contributed by atoms with Crippen LogP contribution >= 0.6 is 0 Å². The summed E-state index contributed by atoms with van der Waals surface area (Å²) in [5, 5.41) is 2.47. The minimum atomic E-state index is 0.980. The second-order valence-corrected chi connectivity index (χ2v) is 3.35. The van der Waals surface area contributed by atoms with Gasteiger partial charge in [-0.3, -0.25) is 4.98 Å². The van der Waals surface area contributed by atoms with Crippen molar-refractivity contribution in [1.29, 1.82) is 0 Å². The van der Waals surface area contributed by atoms with Crippen LogP contribution < -0.4 is 0 Å². The highest BCUT2D eigenvalue weighted by atomic mass is 14.7. The quantitative estimate of drug-likeness (QED) is 0.665. The Morgan fingerprint density at radius 2 is 2.00 bits per heavy atom. The Morgan fingerprint density at radius 1 is 1.21 bits per heavy atom. The van der Waals surface area contributed by atoms with Gasteiger partial charge in [-0.1, -0.05) is 30.3 Å². The van der Waals surface area contributed by atoms with Crippen LogP contribution in [0.5, 0.6) is 0 Å². The van der Waals surface area contributed by atoms with Gasteiger partial charge >= 0.3 is 0 Å². The van der Waals surface area contributed by atoms with E-state index in [1.807, 2.05) is 18.3 Å². The number of aromatic nitrogens is 1. The fourth-order valence-electron chi connectivity index (χ4n) is 1.52. The molecule has 0 fully saturated rings. The summed E-state index contributed by atoms with van der Waals surface area (Å²) in [6.45, 7) is 3.71. The van der Waals surface area contributed by atoms with Crippen molar-refractivity contribution in [2.45, 2.75) is 12.8 Å². The molecule has 0 radical (unpaired) electrons. The highest BCUT2D eigenvalue weighted by Gasteiger charge is 1.95. The zero-order valence-corrected chi connectivity index (χ0v) is 8.11. The highest BCUT2D eigenvalue weighted by molar-refractivity contribution is 5.81. The number of benzene rings is 1. The van der Waals surface area contributed by atoms with Gasteiger partial charge in [0.1, 0.15) is 0 Å². The fraction of sp³-hybridized carbons (Fsp3) is 0.154. The summed E-state index contributed by atoms with van der Waals surface area (Å²) in [6, 6.07) is 10.4. The first-order valence-corrected chi connectivity index (χ1v) is 4.85. The van der Waals surface area contributed by atoms with Crippen LogP contribution in [0.15, 0.2) is 49.2 Å². The maximum atomic E-state index is 4.40. The second kappa shape index (κ2) is 4.05. The van der Waals surface area contributed by atoms with Crippen LogP contribution in [0, 0.1) is 0 Å². The van der Waals surface area contributed by atoms with E-state index in [9.17, 15) is 0 Å². The molecule has 0 aliphatic rings. The van der Waals surface area contributed by atoms with E-state index in [2.05, 4.69) is 35.8 Å². The third kappa shape index (κ3) is 1.82. The predicted octanol–water partition coefficient (Wildman–Crippen LogP) is 3.35. The molecule has 1 nitrogen and oxygen atoms in total. The first-order valence-electron chi connectivity index (χ1n) is 4.85. The summed E-state index contributed by atoms with van der Waals surface area (Å²) >= 11 is 0. The van der Waals surface area contributed by atoms with E-state index in [1.165, 1.54) is 10.8 Å². The summed E-state index contributed by atoms with van der Waals surface area (Å²) in [5.41, 5.74) is 1.14. The lowest BCUT2D eigenvalue weighted by Crippen LogP contribution is -1.88. The monoisotopic (exact) mass is 183 g/mol. The van der Waals surface area contributed by atoms with Crippen molar-refractivity contribution in [3.8, 4) is 0 Å². The van der Waals surface area contributed by atoms with Gasteiger partial charge in [-0.25, -0.2) is 0 Å². The average molecular weight is 183 g/mol. The van der Waals surface area contributed by atoms with Crippen molar-refractivity contribution in [2.24, 2.45) is 0 Å². The molecule has 0 aliphatic carbocycles. The topological polar surface area (TPSA) is 12.9 Å². The Bertz CT molecular complexity index is 446. The van der Waals surface area contributed by atoms with E-state index >= 15 is 0 Å². The first-order chi connectivity index (χ1) is 6.90. The minimum absolute atomic E-state index is 0.980. The number of allylic oxidation sites excluding steroid dienone is 1. The van der Waals surface area contributed by atoms with Gasteiger partial charge < -0.3 is 0 Å². The van der Waals surface area contributed by atoms with Crippen LogP contribution in [0.3, 0.4) is 0 Å². The molecule has 0 N–H and O–H groups in total. The molecule has 2 aromatic rings. The Balaban J connectivity index is 2.36. The van der Waals surface area contributed by atoms with Crippen molar-refractivity contribution in [3.05, 3.63) is 54.9 Å². The zero-order valence-electron chi connectivity index (χ0n) is 8.11. The lowest BCUT2D eigenvalue weighted by atomic mass is 10.1. The lowest BCUT2D eigenvalue weighted by molar-refractivity contribution is 0.951. The molecular weight excluding hydrogens is 170 g/mol. The smallest absolute Gasteiger partial charge is 0.0413 e. The van der Waals surface area contributed by atoms with Crippen LogP contribution in [-0.2, 0) is 6.42 Å². The molecule has 0 aliphatic heterocycles. The summed E-state index contributed by atoms with van der Waals surface area (Å²) in [5.74, 6) is 0. The molecule has 0 unspecified atom stereocenters. The number of hydrogen-bond donors (Lipinski definition) is 0. The van der Waals surface area contributed by atoms with Crippen molar-refractivity contribution in [2.75, 3.05) is 0 Å². The van der Waals surface area contributed by atoms with Gasteiger partial charge in [-0.05, 0) is 24.3 Å². The lowest BCUT2D eigenvalue weighted by Gasteiger charge is -2.00. The standard InChI is InChI=1S/C13H13N/c1-2-3-8-13-9-11-6-4-5-7-12(11)10-14-13/h2,4-7,9-10H,1,3,8H2. The van der Waals surface area contributed by atoms with Gasteiger partial charge in [-0.2, -0.15) is 0 Å². The van der Waals surface area contributed by atoms with Gasteiger partial charge in [0.25, 0.3) is 0 Å². The summed E-state index contributed by atoms with van der Waals surface area (Å²) in [6.07, 6.45) is 5.84. The number of rotatable bonds is 3. The zero-order chi connectivity index (χ0) is 9.80. The number of pyridine rings is 1. The van der Waals surface area contributed by atoms with Crippen LogP contribution in [0.4, 0.5) is 0 Å². The molecule has 1 aromatic heterocycles. The van der Waals surface area contributed by atoms with Crippen LogP contribution in [0.1, 0.15) is 12.1 Å². The summed E-state index contributed by atoms with van der Waals surface area (Å²) < 4.78 is 0. The summed E-state index contributed by atoms with van der Waals surface area (Å²) in [7, 11) is 0. The van der Waals surface area contributed by atoms with Crippen LogP contribution in [0.25, 0.3) is 10.8 Å². The molecule has 1 heterocycles. The Labute approximate surface area is 84.1 Å². The van der Waals surface area contributed by atoms with Crippen molar-refractivity contribution >= 4 is 10.8 Å². The number of hydrogen-bond acceptors (Lipinski definition) is 1. The summed E-state index contributed by atoms with van der Waals surface area (Å²) in [4.78, 5) is 4.40. The van der Waals surface area contributed by atoms with E-state index in [-0.39, 0.29) is 0 Å². The normalized spacial score (nSPS) is 10.3. The largest absolute Gasteiger partial charge is 0.261 e. The molecule has 0 saturated heterocycles. The SMILES string of the molecule is C=CCCc1cc2ccccc2cn1. The van der Waals surface area contributed by atoms with E-state index in [0.29, 0.717) is 0 Å². The molecule has 0 spiro atoms. The predicted molar refractivity (Wildman–Crippen MR) is 60.3 cm³/mol. The molecule has 0 atom stereocenters. The third-order valence-electron chi connectivity index (χ3n) is 2.29. The van der Waals surface area contributed by atoms with Crippen LogP contribution in [-0.4, -0.2) is 4.98 Å². The van der Waals surface area contributed by atoms with Gasteiger partial charge in [0, 0.05) is 17.3 Å². The Hall–Kier alpha value is -1.63. The van der Waals surface area contributed by atoms with Gasteiger partial charge in [-0.15, -0.1) is 6.58 Å². The molecule has 1 aromatic carbocycles. The molecule has 0 bridgehead atoms. The molecule has 1 heteroatoms. The van der Waals surface area contributed by atoms with Crippen molar-refractivity contribution < 1.29 is 0 Å². The van der Waals surface area contributed by atoms with Gasteiger partial charge in [0.2, 0.25) is 0 Å². The van der Waals surface area contributed by atoms with Gasteiger partial charge in [0.15, 0.2) is 0 Å². The molecule has 70 valence electrons. The molecule has 0 saturated carbocycles. The number of fused-ring (bicyclic) bond motifs is 1. The van der Waals surface area contributed by atoms with E-state index in [1.54, 1.807) is 0 Å². The maximum Gasteiger partial charge on any atom is 0.0413 e. The van der Waals surface area contributed by atoms with Crippen LogP contribution in [0.2, 0.25) is 0 Å².